The molecule has 1 heterocycles. The van der Waals surface area contributed by atoms with Gasteiger partial charge in [-0.25, -0.2) is 4.79 Å². The van der Waals surface area contributed by atoms with E-state index < -0.39 is 30.7 Å². The van der Waals surface area contributed by atoms with Gasteiger partial charge in [0.1, 0.15) is 6.54 Å². The zero-order valence-electron chi connectivity index (χ0n) is 12.1. The van der Waals surface area contributed by atoms with Crippen molar-refractivity contribution in [3.05, 3.63) is 0 Å². The molecule has 1 saturated heterocycles. The van der Waals surface area contributed by atoms with Crippen molar-refractivity contribution in [3.8, 4) is 0 Å². The van der Waals surface area contributed by atoms with E-state index in [9.17, 15) is 22.8 Å². The molecule has 0 aromatic carbocycles. The van der Waals surface area contributed by atoms with Gasteiger partial charge in [-0.15, -0.1) is 0 Å². The van der Waals surface area contributed by atoms with Crippen molar-refractivity contribution < 1.29 is 22.8 Å². The van der Waals surface area contributed by atoms with E-state index in [1.54, 1.807) is 12.2 Å². The van der Waals surface area contributed by atoms with Gasteiger partial charge in [-0.3, -0.25) is 15.0 Å². The molecule has 9 heteroatoms. The van der Waals surface area contributed by atoms with E-state index in [1.807, 2.05) is 17.1 Å². The van der Waals surface area contributed by atoms with Crippen LogP contribution >= 0.6 is 0 Å². The summed E-state index contributed by atoms with van der Waals surface area (Å²) in [6.45, 7) is 3.90. The lowest BCUT2D eigenvalue weighted by atomic mass is 9.90. The second kappa shape index (κ2) is 6.61. The van der Waals surface area contributed by atoms with Crippen molar-refractivity contribution in [3.63, 3.8) is 0 Å². The van der Waals surface area contributed by atoms with Crippen molar-refractivity contribution in [2.24, 2.45) is 11.1 Å². The van der Waals surface area contributed by atoms with Gasteiger partial charge in [0.15, 0.2) is 0 Å². The van der Waals surface area contributed by atoms with E-state index >= 15 is 0 Å². The predicted molar refractivity (Wildman–Crippen MR) is 70.4 cm³/mol. The number of hydrogen-bond donors (Lipinski definition) is 3. The molecule has 0 bridgehead atoms. The number of carbonyl (C=O) groups is 2. The average molecular weight is 310 g/mol. The molecule has 21 heavy (non-hydrogen) atoms. The van der Waals surface area contributed by atoms with E-state index in [0.29, 0.717) is 19.6 Å². The van der Waals surface area contributed by atoms with Crippen molar-refractivity contribution >= 4 is 11.9 Å². The van der Waals surface area contributed by atoms with E-state index in [2.05, 4.69) is 0 Å². The average Bonchev–Trinajstić information content (AvgIpc) is 2.78. The molecule has 0 spiro atoms. The van der Waals surface area contributed by atoms with Crippen LogP contribution in [0.25, 0.3) is 0 Å². The molecular formula is C12H21F3N4O2. The summed E-state index contributed by atoms with van der Waals surface area (Å²) in [5.41, 5.74) is 5.59. The van der Waals surface area contributed by atoms with E-state index in [4.69, 9.17) is 5.73 Å². The first kappa shape index (κ1) is 17.7. The van der Waals surface area contributed by atoms with Crippen LogP contribution in [0, 0.1) is 5.41 Å². The molecule has 1 aliphatic rings. The molecule has 0 aromatic heterocycles. The summed E-state index contributed by atoms with van der Waals surface area (Å²) in [6, 6.07) is -1.75. The van der Waals surface area contributed by atoms with Crippen molar-refractivity contribution in [2.75, 3.05) is 26.2 Å². The first-order valence-corrected chi connectivity index (χ1v) is 6.66. The Hall–Kier alpha value is -1.35. The summed E-state index contributed by atoms with van der Waals surface area (Å²) in [5, 5.41) is 3.50. The van der Waals surface area contributed by atoms with E-state index in [-0.39, 0.29) is 5.41 Å². The molecule has 0 saturated carbocycles. The molecule has 0 aromatic rings. The van der Waals surface area contributed by atoms with Gasteiger partial charge in [0.2, 0.25) is 5.91 Å². The Kier molecular flexibility index (Phi) is 5.57. The monoisotopic (exact) mass is 310 g/mol. The number of halogens is 3. The minimum atomic E-state index is -4.51. The van der Waals surface area contributed by atoms with Gasteiger partial charge in [-0.05, 0) is 31.8 Å². The van der Waals surface area contributed by atoms with Gasteiger partial charge < -0.3 is 11.1 Å². The van der Waals surface area contributed by atoms with Crippen molar-refractivity contribution in [2.45, 2.75) is 32.5 Å². The standard InChI is InChI=1S/C12H21F3N4O2/c1-8(19-4-3-11(2,5-16)7-19)9(20)18-10(21)17-6-12(13,14)15/h8H,3-7,16H2,1-2H3,(H2,17,18,20,21). The van der Waals surface area contributed by atoms with Crippen LogP contribution in [-0.2, 0) is 4.79 Å². The van der Waals surface area contributed by atoms with Gasteiger partial charge in [-0.2, -0.15) is 13.2 Å². The molecule has 0 aliphatic carbocycles. The third-order valence-corrected chi connectivity index (χ3v) is 3.69. The second-order valence-electron chi connectivity index (χ2n) is 5.70. The molecule has 2 unspecified atom stereocenters. The van der Waals surface area contributed by atoms with Gasteiger partial charge in [0.25, 0.3) is 0 Å². The second-order valence-corrected chi connectivity index (χ2v) is 5.70. The number of nitrogens with one attached hydrogen (secondary N) is 2. The minimum absolute atomic E-state index is 0.0763. The number of hydrogen-bond acceptors (Lipinski definition) is 4. The third-order valence-electron chi connectivity index (χ3n) is 3.69. The normalized spacial score (nSPS) is 24.7. The van der Waals surface area contributed by atoms with Crippen LogP contribution in [0.4, 0.5) is 18.0 Å². The van der Waals surface area contributed by atoms with Gasteiger partial charge in [0.05, 0.1) is 6.04 Å². The SMILES string of the molecule is CC(C(=O)NC(=O)NCC(F)(F)F)N1CCC(C)(CN)C1. The fourth-order valence-corrected chi connectivity index (χ4v) is 2.17. The highest BCUT2D eigenvalue weighted by atomic mass is 19.4. The molecular weight excluding hydrogens is 289 g/mol. The summed E-state index contributed by atoms with van der Waals surface area (Å²) in [5.74, 6) is -0.629. The zero-order chi connectivity index (χ0) is 16.3. The highest BCUT2D eigenvalue weighted by molar-refractivity contribution is 5.96. The highest BCUT2D eigenvalue weighted by Crippen LogP contribution is 2.29. The molecule has 6 nitrogen and oxygen atoms in total. The lowest BCUT2D eigenvalue weighted by molar-refractivity contribution is -0.126. The molecule has 1 rings (SSSR count). The van der Waals surface area contributed by atoms with Crippen LogP contribution in [0.5, 0.6) is 0 Å². The number of amides is 3. The van der Waals surface area contributed by atoms with Crippen molar-refractivity contribution in [1.82, 2.24) is 15.5 Å². The van der Waals surface area contributed by atoms with Crippen LogP contribution in [0.3, 0.4) is 0 Å². The predicted octanol–water partition coefficient (Wildman–Crippen LogP) is 0.434. The molecule has 4 N–H and O–H groups in total. The molecule has 1 aliphatic heterocycles. The van der Waals surface area contributed by atoms with Crippen LogP contribution in [0.2, 0.25) is 0 Å². The Balaban J connectivity index is 2.43. The molecule has 2 atom stereocenters. The zero-order valence-corrected chi connectivity index (χ0v) is 12.1. The Labute approximate surface area is 121 Å². The largest absolute Gasteiger partial charge is 0.405 e. The minimum Gasteiger partial charge on any atom is -0.330 e. The summed E-state index contributed by atoms with van der Waals surface area (Å²) >= 11 is 0. The Bertz CT molecular complexity index is 402. The number of imide groups is 1. The van der Waals surface area contributed by atoms with Crippen LogP contribution in [0.15, 0.2) is 0 Å². The van der Waals surface area contributed by atoms with E-state index in [0.717, 1.165) is 6.42 Å². The number of rotatable bonds is 4. The van der Waals surface area contributed by atoms with Gasteiger partial charge >= 0.3 is 12.2 Å². The van der Waals surface area contributed by atoms with Gasteiger partial charge in [0, 0.05) is 6.54 Å². The smallest absolute Gasteiger partial charge is 0.330 e. The quantitative estimate of drug-likeness (QED) is 0.703. The van der Waals surface area contributed by atoms with Crippen LogP contribution in [-0.4, -0.2) is 55.2 Å². The molecule has 0 radical (unpaired) electrons. The fraction of sp³-hybridized carbons (Fsp3) is 0.833. The first-order valence-electron chi connectivity index (χ1n) is 6.66. The number of nitrogens with two attached hydrogens (primary N) is 1. The summed E-state index contributed by atoms with van der Waals surface area (Å²) in [6.07, 6.45) is -3.68. The first-order chi connectivity index (χ1) is 9.56. The number of likely N-dealkylation sites (tertiary alicyclic amines) is 1. The Morgan fingerprint density at radius 3 is 2.52 bits per heavy atom. The molecule has 1 fully saturated rings. The number of nitrogens with zero attached hydrogens (tertiary/aromatic N) is 1. The molecule has 122 valence electrons. The Morgan fingerprint density at radius 1 is 1.43 bits per heavy atom. The lowest BCUT2D eigenvalue weighted by Gasteiger charge is -2.26. The van der Waals surface area contributed by atoms with Crippen LogP contribution < -0.4 is 16.4 Å². The Morgan fingerprint density at radius 2 is 2.05 bits per heavy atom. The molecule has 3 amide bonds. The topological polar surface area (TPSA) is 87.5 Å². The highest BCUT2D eigenvalue weighted by Gasteiger charge is 2.37. The van der Waals surface area contributed by atoms with Crippen molar-refractivity contribution in [1.29, 1.82) is 0 Å². The summed E-state index contributed by atoms with van der Waals surface area (Å²) < 4.78 is 35.8. The maximum Gasteiger partial charge on any atom is 0.405 e. The number of urea groups is 1. The third kappa shape index (κ3) is 5.50. The maximum atomic E-state index is 11.9. The maximum absolute atomic E-state index is 11.9. The lowest BCUT2D eigenvalue weighted by Crippen LogP contribution is -2.50. The summed E-state index contributed by atoms with van der Waals surface area (Å²) in [4.78, 5) is 24.9. The van der Waals surface area contributed by atoms with E-state index in [1.165, 1.54) is 0 Å². The number of alkyl halides is 3. The number of carbonyl (C=O) groups excluding carboxylic acids is 2. The fourth-order valence-electron chi connectivity index (χ4n) is 2.17. The summed E-state index contributed by atoms with van der Waals surface area (Å²) in [7, 11) is 0. The van der Waals surface area contributed by atoms with Gasteiger partial charge in [-0.1, -0.05) is 6.92 Å². The van der Waals surface area contributed by atoms with Crippen LogP contribution in [0.1, 0.15) is 20.3 Å².